The minimum Gasteiger partial charge on any atom is -0.368 e. The Hall–Kier alpha value is -4.01. The minimum absolute atomic E-state index is 0.00768. The van der Waals surface area contributed by atoms with Crippen LogP contribution >= 0.6 is 0 Å². The highest BCUT2D eigenvalue weighted by atomic mass is 19.1. The number of amides is 3. The molecule has 0 unspecified atom stereocenters. The van der Waals surface area contributed by atoms with Crippen molar-refractivity contribution >= 4 is 17.7 Å². The molecule has 9 heteroatoms. The van der Waals surface area contributed by atoms with Gasteiger partial charge in [0, 0.05) is 23.7 Å². The molecule has 0 atom stereocenters. The minimum atomic E-state index is -0.634. The smallest absolute Gasteiger partial charge is 0.290 e. The van der Waals surface area contributed by atoms with Gasteiger partial charge < -0.3 is 20.9 Å². The number of nitrogens with two attached hydrogens (primary N) is 1. The molecule has 0 saturated heterocycles. The highest BCUT2D eigenvalue weighted by molar-refractivity contribution is 5.96. The van der Waals surface area contributed by atoms with Crippen LogP contribution in [0.3, 0.4) is 0 Å². The van der Waals surface area contributed by atoms with Crippen molar-refractivity contribution in [3.63, 3.8) is 0 Å². The fraction of sp³-hybridized carbons (Fsp3) is 0.100. The highest BCUT2D eigenvalue weighted by Gasteiger charge is 2.14. The maximum atomic E-state index is 13.3. The summed E-state index contributed by atoms with van der Waals surface area (Å²) in [5, 5.41) is 8.84. The molecular weight excluding hydrogens is 379 g/mol. The van der Waals surface area contributed by atoms with Gasteiger partial charge in [-0.15, -0.1) is 0 Å². The number of benzene rings is 2. The predicted octanol–water partition coefficient (Wildman–Crippen LogP) is 1.63. The summed E-state index contributed by atoms with van der Waals surface area (Å²) < 4.78 is 18.3. The van der Waals surface area contributed by atoms with Crippen LogP contribution in [0.1, 0.15) is 26.5 Å². The third-order valence-corrected chi connectivity index (χ3v) is 3.95. The van der Waals surface area contributed by atoms with Gasteiger partial charge in [-0.3, -0.25) is 14.4 Å². The zero-order valence-corrected chi connectivity index (χ0v) is 15.1. The van der Waals surface area contributed by atoms with Gasteiger partial charge >= 0.3 is 0 Å². The summed E-state index contributed by atoms with van der Waals surface area (Å²) >= 11 is 0. The number of nitrogens with one attached hydrogen (secondary N) is 2. The molecular formula is C20H17FN4O4. The largest absolute Gasteiger partial charge is 0.368 e. The monoisotopic (exact) mass is 396 g/mol. The lowest BCUT2D eigenvalue weighted by atomic mass is 10.1. The lowest BCUT2D eigenvalue weighted by Gasteiger charge is -2.06. The second kappa shape index (κ2) is 8.79. The number of aromatic nitrogens is 1. The van der Waals surface area contributed by atoms with E-state index >= 15 is 0 Å². The van der Waals surface area contributed by atoms with E-state index in [2.05, 4.69) is 15.8 Å². The standard InChI is InChI=1S/C20H17FN4O4/c21-15-3-1-2-14(8-15)16-9-17(29-25-16)20(28)23-10-12-4-6-13(7-5-12)19(27)24-11-18(22)26/h1-9H,10-11H2,(H2,22,26)(H,23,28)(H,24,27). The first kappa shape index (κ1) is 19.7. The van der Waals surface area contributed by atoms with Crippen LogP contribution in [0.4, 0.5) is 4.39 Å². The van der Waals surface area contributed by atoms with Gasteiger partial charge in [0.05, 0.1) is 6.54 Å². The normalized spacial score (nSPS) is 10.4. The lowest BCUT2D eigenvalue weighted by molar-refractivity contribution is -0.117. The van der Waals surface area contributed by atoms with E-state index in [0.717, 1.165) is 5.56 Å². The summed E-state index contributed by atoms with van der Waals surface area (Å²) in [6, 6.07) is 13.7. The fourth-order valence-corrected chi connectivity index (χ4v) is 2.48. The quantitative estimate of drug-likeness (QED) is 0.559. The summed E-state index contributed by atoms with van der Waals surface area (Å²) in [4.78, 5) is 34.7. The lowest BCUT2D eigenvalue weighted by Crippen LogP contribution is -2.33. The highest BCUT2D eigenvalue weighted by Crippen LogP contribution is 2.20. The van der Waals surface area contributed by atoms with E-state index in [4.69, 9.17) is 10.3 Å². The van der Waals surface area contributed by atoms with Crippen LogP contribution in [0.2, 0.25) is 0 Å². The molecule has 0 bridgehead atoms. The van der Waals surface area contributed by atoms with E-state index in [-0.39, 0.29) is 18.8 Å². The molecule has 3 amide bonds. The van der Waals surface area contributed by atoms with Crippen LogP contribution in [-0.4, -0.2) is 29.4 Å². The van der Waals surface area contributed by atoms with Gasteiger partial charge in [-0.05, 0) is 29.8 Å². The molecule has 3 rings (SSSR count). The van der Waals surface area contributed by atoms with Crippen molar-refractivity contribution in [2.75, 3.05) is 6.54 Å². The van der Waals surface area contributed by atoms with Crippen molar-refractivity contribution < 1.29 is 23.3 Å². The number of carbonyl (C=O) groups excluding carboxylic acids is 3. The first-order chi connectivity index (χ1) is 13.9. The zero-order valence-electron chi connectivity index (χ0n) is 15.1. The Kier molecular flexibility index (Phi) is 5.98. The molecule has 0 fully saturated rings. The zero-order chi connectivity index (χ0) is 20.8. The molecule has 148 valence electrons. The number of primary amides is 1. The fourth-order valence-electron chi connectivity index (χ4n) is 2.48. The van der Waals surface area contributed by atoms with Gasteiger partial charge in [-0.1, -0.05) is 29.4 Å². The Bertz CT molecular complexity index is 1050. The number of carbonyl (C=O) groups is 3. The molecule has 0 aliphatic carbocycles. The van der Waals surface area contributed by atoms with Crippen LogP contribution < -0.4 is 16.4 Å². The number of nitrogens with zero attached hydrogens (tertiary/aromatic N) is 1. The van der Waals surface area contributed by atoms with Gasteiger partial charge in [-0.25, -0.2) is 4.39 Å². The molecule has 3 aromatic rings. The van der Waals surface area contributed by atoms with Crippen LogP contribution in [0.25, 0.3) is 11.3 Å². The van der Waals surface area contributed by atoms with Crippen molar-refractivity contribution in [3.8, 4) is 11.3 Å². The molecule has 0 radical (unpaired) electrons. The summed E-state index contributed by atoms with van der Waals surface area (Å²) in [6.45, 7) is -0.0521. The third kappa shape index (κ3) is 5.25. The van der Waals surface area contributed by atoms with E-state index in [0.29, 0.717) is 16.8 Å². The second-order valence-electron chi connectivity index (χ2n) is 6.12. The van der Waals surface area contributed by atoms with Crippen molar-refractivity contribution in [2.24, 2.45) is 5.73 Å². The summed E-state index contributed by atoms with van der Waals surface area (Å²) in [5.41, 5.74) is 6.93. The Morgan fingerprint density at radius 3 is 2.45 bits per heavy atom. The average Bonchev–Trinajstić information content (AvgIpc) is 3.21. The van der Waals surface area contributed by atoms with Crippen molar-refractivity contribution in [3.05, 3.63) is 77.3 Å². The average molecular weight is 396 g/mol. The first-order valence-electron chi connectivity index (χ1n) is 8.58. The Labute approximate surface area is 164 Å². The molecule has 0 saturated carbocycles. The van der Waals surface area contributed by atoms with Crippen LogP contribution in [0, 0.1) is 5.82 Å². The van der Waals surface area contributed by atoms with E-state index < -0.39 is 23.5 Å². The number of halogens is 1. The van der Waals surface area contributed by atoms with Crippen molar-refractivity contribution in [1.29, 1.82) is 0 Å². The van der Waals surface area contributed by atoms with E-state index in [1.165, 1.54) is 24.3 Å². The molecule has 2 aromatic carbocycles. The number of rotatable bonds is 7. The van der Waals surface area contributed by atoms with Crippen LogP contribution in [0.5, 0.6) is 0 Å². The maximum Gasteiger partial charge on any atom is 0.290 e. The van der Waals surface area contributed by atoms with E-state index in [1.54, 1.807) is 30.3 Å². The van der Waals surface area contributed by atoms with Gasteiger partial charge in [0.1, 0.15) is 11.5 Å². The van der Waals surface area contributed by atoms with E-state index in [9.17, 15) is 18.8 Å². The number of hydrogen-bond acceptors (Lipinski definition) is 5. The number of hydrogen-bond donors (Lipinski definition) is 3. The van der Waals surface area contributed by atoms with Crippen LogP contribution in [0.15, 0.2) is 59.1 Å². The first-order valence-corrected chi connectivity index (χ1v) is 8.58. The predicted molar refractivity (Wildman–Crippen MR) is 101 cm³/mol. The molecule has 0 aliphatic heterocycles. The van der Waals surface area contributed by atoms with Gasteiger partial charge in [-0.2, -0.15) is 0 Å². The molecule has 0 spiro atoms. The Balaban J connectivity index is 1.57. The maximum absolute atomic E-state index is 13.3. The van der Waals surface area contributed by atoms with Crippen LogP contribution in [-0.2, 0) is 11.3 Å². The topological polar surface area (TPSA) is 127 Å². The molecule has 4 N–H and O–H groups in total. The summed E-state index contributed by atoms with van der Waals surface area (Å²) in [7, 11) is 0. The Morgan fingerprint density at radius 2 is 1.76 bits per heavy atom. The molecule has 1 aromatic heterocycles. The molecule has 8 nitrogen and oxygen atoms in total. The SMILES string of the molecule is NC(=O)CNC(=O)c1ccc(CNC(=O)c2cc(-c3cccc(F)c3)no2)cc1. The summed E-state index contributed by atoms with van der Waals surface area (Å²) in [5.74, 6) is -1.96. The van der Waals surface area contributed by atoms with Crippen molar-refractivity contribution in [1.82, 2.24) is 15.8 Å². The molecule has 29 heavy (non-hydrogen) atoms. The summed E-state index contributed by atoms with van der Waals surface area (Å²) in [6.07, 6.45) is 0. The van der Waals surface area contributed by atoms with Crippen molar-refractivity contribution in [2.45, 2.75) is 6.54 Å². The molecule has 1 heterocycles. The Morgan fingerprint density at radius 1 is 1.00 bits per heavy atom. The second-order valence-corrected chi connectivity index (χ2v) is 6.12. The molecule has 0 aliphatic rings. The van der Waals surface area contributed by atoms with Gasteiger partial charge in [0.25, 0.3) is 11.8 Å². The van der Waals surface area contributed by atoms with Gasteiger partial charge in [0.2, 0.25) is 11.7 Å². The third-order valence-electron chi connectivity index (χ3n) is 3.95. The van der Waals surface area contributed by atoms with E-state index in [1.807, 2.05) is 0 Å². The van der Waals surface area contributed by atoms with Gasteiger partial charge in [0.15, 0.2) is 0 Å².